The Labute approximate surface area is 180 Å². The molecular formula is C25H26N4O2. The SMILES string of the molecule is Cc1cc(C)c(CNC(=O)c2cc(-c3ccccc3)cc3c2cnn3C(C)C)c(=O)[nH]1. The zero-order chi connectivity index (χ0) is 22.1. The second kappa shape index (κ2) is 8.22. The molecule has 0 saturated heterocycles. The third-order valence-electron chi connectivity index (χ3n) is 5.48. The van der Waals surface area contributed by atoms with Crippen molar-refractivity contribution in [2.75, 3.05) is 0 Å². The fourth-order valence-corrected chi connectivity index (χ4v) is 3.91. The van der Waals surface area contributed by atoms with Gasteiger partial charge in [0, 0.05) is 29.2 Å². The molecule has 0 spiro atoms. The van der Waals surface area contributed by atoms with Crippen LogP contribution in [-0.4, -0.2) is 20.7 Å². The van der Waals surface area contributed by atoms with Gasteiger partial charge in [0.1, 0.15) is 0 Å². The van der Waals surface area contributed by atoms with Gasteiger partial charge >= 0.3 is 0 Å². The van der Waals surface area contributed by atoms with Gasteiger partial charge < -0.3 is 10.3 Å². The van der Waals surface area contributed by atoms with Gasteiger partial charge in [-0.2, -0.15) is 5.10 Å². The standard InChI is InChI=1S/C25H26N4O2/c1-15(2)29-23-12-19(18-8-6-5-7-9-18)11-20(22(23)14-27-29)24(30)26-13-21-16(3)10-17(4)28-25(21)31/h5-12,14-15H,13H2,1-4H3,(H,26,30)(H,28,31). The Morgan fingerprint density at radius 1 is 1.10 bits per heavy atom. The van der Waals surface area contributed by atoms with Crippen LogP contribution in [0.5, 0.6) is 0 Å². The third-order valence-corrected chi connectivity index (χ3v) is 5.48. The number of H-pyrrole nitrogens is 1. The molecule has 2 heterocycles. The summed E-state index contributed by atoms with van der Waals surface area (Å²) < 4.78 is 1.92. The number of carbonyl (C=O) groups is 1. The maximum Gasteiger partial charge on any atom is 0.253 e. The number of benzene rings is 2. The Morgan fingerprint density at radius 2 is 1.84 bits per heavy atom. The molecule has 0 bridgehead atoms. The smallest absolute Gasteiger partial charge is 0.253 e. The molecule has 0 radical (unpaired) electrons. The van der Waals surface area contributed by atoms with Crippen LogP contribution in [0.4, 0.5) is 0 Å². The van der Waals surface area contributed by atoms with Gasteiger partial charge in [0.25, 0.3) is 11.5 Å². The topological polar surface area (TPSA) is 79.8 Å². The molecule has 4 aromatic rings. The van der Waals surface area contributed by atoms with Crippen molar-refractivity contribution >= 4 is 16.8 Å². The number of nitrogens with zero attached hydrogens (tertiary/aromatic N) is 2. The fraction of sp³-hybridized carbons (Fsp3) is 0.240. The van der Waals surface area contributed by atoms with Crippen LogP contribution in [-0.2, 0) is 6.54 Å². The molecule has 2 aromatic heterocycles. The molecule has 0 fully saturated rings. The molecule has 0 saturated carbocycles. The highest BCUT2D eigenvalue weighted by molar-refractivity contribution is 6.08. The summed E-state index contributed by atoms with van der Waals surface area (Å²) in [6.45, 7) is 8.01. The van der Waals surface area contributed by atoms with E-state index >= 15 is 0 Å². The molecular weight excluding hydrogens is 388 g/mol. The van der Waals surface area contributed by atoms with Crippen molar-refractivity contribution in [2.45, 2.75) is 40.3 Å². The molecule has 0 atom stereocenters. The van der Waals surface area contributed by atoms with Crippen LogP contribution < -0.4 is 10.9 Å². The highest BCUT2D eigenvalue weighted by Gasteiger charge is 2.18. The normalized spacial score (nSPS) is 11.3. The summed E-state index contributed by atoms with van der Waals surface area (Å²) in [6.07, 6.45) is 1.74. The van der Waals surface area contributed by atoms with E-state index in [-0.39, 0.29) is 24.1 Å². The highest BCUT2D eigenvalue weighted by Crippen LogP contribution is 2.29. The average molecular weight is 415 g/mol. The molecule has 4 rings (SSSR count). The molecule has 0 aliphatic carbocycles. The molecule has 158 valence electrons. The molecule has 2 N–H and O–H groups in total. The van der Waals surface area contributed by atoms with Gasteiger partial charge in [-0.1, -0.05) is 30.3 Å². The quantitative estimate of drug-likeness (QED) is 0.504. The molecule has 2 aromatic carbocycles. The predicted molar refractivity (Wildman–Crippen MR) is 123 cm³/mol. The Balaban J connectivity index is 1.75. The number of carbonyl (C=O) groups excluding carboxylic acids is 1. The van der Waals surface area contributed by atoms with Crippen molar-refractivity contribution in [3.63, 3.8) is 0 Å². The minimum Gasteiger partial charge on any atom is -0.348 e. The van der Waals surface area contributed by atoms with Crippen molar-refractivity contribution < 1.29 is 4.79 Å². The summed E-state index contributed by atoms with van der Waals surface area (Å²) in [5, 5.41) is 8.23. The van der Waals surface area contributed by atoms with Crippen LogP contribution in [0.15, 0.2) is 59.5 Å². The van der Waals surface area contributed by atoms with Crippen molar-refractivity contribution in [2.24, 2.45) is 0 Å². The third kappa shape index (κ3) is 4.01. The second-order valence-corrected chi connectivity index (χ2v) is 8.13. The zero-order valence-electron chi connectivity index (χ0n) is 18.2. The van der Waals surface area contributed by atoms with Gasteiger partial charge in [-0.3, -0.25) is 14.3 Å². The maximum atomic E-state index is 13.2. The van der Waals surface area contributed by atoms with E-state index in [0.29, 0.717) is 11.1 Å². The lowest BCUT2D eigenvalue weighted by atomic mass is 9.99. The van der Waals surface area contributed by atoms with Crippen LogP contribution in [0.25, 0.3) is 22.0 Å². The molecule has 1 amide bonds. The summed E-state index contributed by atoms with van der Waals surface area (Å²) in [5.41, 5.74) is 5.48. The number of fused-ring (bicyclic) bond motifs is 1. The summed E-state index contributed by atoms with van der Waals surface area (Å²) in [4.78, 5) is 28.3. The van der Waals surface area contributed by atoms with E-state index in [1.54, 1.807) is 6.20 Å². The Hall–Kier alpha value is -3.67. The second-order valence-electron chi connectivity index (χ2n) is 8.13. The minimum atomic E-state index is -0.231. The first-order valence-corrected chi connectivity index (χ1v) is 10.4. The largest absolute Gasteiger partial charge is 0.348 e. The molecule has 6 nitrogen and oxygen atoms in total. The van der Waals surface area contributed by atoms with Gasteiger partial charge in [-0.15, -0.1) is 0 Å². The van der Waals surface area contributed by atoms with E-state index < -0.39 is 0 Å². The number of hydrogen-bond donors (Lipinski definition) is 2. The Kier molecular flexibility index (Phi) is 5.46. The molecule has 31 heavy (non-hydrogen) atoms. The van der Waals surface area contributed by atoms with Crippen LogP contribution in [0.2, 0.25) is 0 Å². The number of nitrogens with one attached hydrogen (secondary N) is 2. The van der Waals surface area contributed by atoms with Crippen molar-refractivity contribution in [3.8, 4) is 11.1 Å². The predicted octanol–water partition coefficient (Wildman–Crippen LogP) is 4.52. The number of hydrogen-bond acceptors (Lipinski definition) is 3. The maximum absolute atomic E-state index is 13.2. The van der Waals surface area contributed by atoms with Crippen molar-refractivity contribution in [1.29, 1.82) is 0 Å². The Bertz CT molecular complexity index is 1320. The number of rotatable bonds is 5. The zero-order valence-corrected chi connectivity index (χ0v) is 18.2. The first kappa shape index (κ1) is 20.6. The summed E-state index contributed by atoms with van der Waals surface area (Å²) in [7, 11) is 0. The van der Waals surface area contributed by atoms with Gasteiger partial charge in [-0.05, 0) is 62.6 Å². The minimum absolute atomic E-state index is 0.160. The van der Waals surface area contributed by atoms with Gasteiger partial charge in [0.15, 0.2) is 0 Å². The lowest BCUT2D eigenvalue weighted by molar-refractivity contribution is 0.0952. The van der Waals surface area contributed by atoms with E-state index in [9.17, 15) is 9.59 Å². The van der Waals surface area contributed by atoms with E-state index in [1.165, 1.54) is 0 Å². The van der Waals surface area contributed by atoms with Crippen LogP contribution in [0.3, 0.4) is 0 Å². The lowest BCUT2D eigenvalue weighted by Gasteiger charge is -2.12. The number of pyridine rings is 1. The monoisotopic (exact) mass is 414 g/mol. The summed E-state index contributed by atoms with van der Waals surface area (Å²) >= 11 is 0. The van der Waals surface area contributed by atoms with Crippen molar-refractivity contribution in [3.05, 3.63) is 87.5 Å². The number of aromatic amines is 1. The van der Waals surface area contributed by atoms with Gasteiger partial charge in [0.2, 0.25) is 0 Å². The highest BCUT2D eigenvalue weighted by atomic mass is 16.1. The summed E-state index contributed by atoms with van der Waals surface area (Å²) in [5.74, 6) is -0.231. The molecule has 0 aliphatic rings. The Morgan fingerprint density at radius 3 is 2.52 bits per heavy atom. The van der Waals surface area contributed by atoms with E-state index in [0.717, 1.165) is 33.3 Å². The van der Waals surface area contributed by atoms with E-state index in [4.69, 9.17) is 0 Å². The number of aryl methyl sites for hydroxylation is 2. The molecule has 0 aliphatic heterocycles. The van der Waals surface area contributed by atoms with E-state index in [1.807, 2.05) is 61.0 Å². The first-order valence-electron chi connectivity index (χ1n) is 10.4. The summed E-state index contributed by atoms with van der Waals surface area (Å²) in [6, 6.07) is 16.0. The van der Waals surface area contributed by atoms with E-state index in [2.05, 4.69) is 35.3 Å². The van der Waals surface area contributed by atoms with Crippen molar-refractivity contribution in [1.82, 2.24) is 20.1 Å². The number of aromatic nitrogens is 3. The molecule has 0 unspecified atom stereocenters. The first-order chi connectivity index (χ1) is 14.8. The molecule has 6 heteroatoms. The van der Waals surface area contributed by atoms with Crippen LogP contribution >= 0.6 is 0 Å². The number of amides is 1. The van der Waals surface area contributed by atoms with Gasteiger partial charge in [-0.25, -0.2) is 0 Å². The fourth-order valence-electron chi connectivity index (χ4n) is 3.91. The van der Waals surface area contributed by atoms with Gasteiger partial charge in [0.05, 0.1) is 17.3 Å². The average Bonchev–Trinajstić information content (AvgIpc) is 3.17. The van der Waals surface area contributed by atoms with Crippen LogP contribution in [0.1, 0.15) is 47.1 Å². The van der Waals surface area contributed by atoms with Crippen LogP contribution in [0, 0.1) is 13.8 Å². The lowest BCUT2D eigenvalue weighted by Crippen LogP contribution is -2.28.